The lowest BCUT2D eigenvalue weighted by Gasteiger charge is -2.19. The molecular weight excluding hydrogens is 321 g/mol. The van der Waals surface area contributed by atoms with Crippen LogP contribution in [0.1, 0.15) is 23.7 Å². The third-order valence-electron chi connectivity index (χ3n) is 5.25. The molecule has 130 valence electrons. The molecule has 1 saturated carbocycles. The zero-order chi connectivity index (χ0) is 17.6. The Morgan fingerprint density at radius 2 is 1.88 bits per heavy atom. The van der Waals surface area contributed by atoms with Crippen LogP contribution in [-0.2, 0) is 6.42 Å². The van der Waals surface area contributed by atoms with Crippen LogP contribution in [-0.4, -0.2) is 37.0 Å². The van der Waals surface area contributed by atoms with E-state index in [0.717, 1.165) is 22.3 Å². The molecule has 0 saturated heterocycles. The van der Waals surface area contributed by atoms with Crippen LogP contribution in [0.3, 0.4) is 0 Å². The van der Waals surface area contributed by atoms with Gasteiger partial charge in [0.05, 0.1) is 17.8 Å². The molecule has 0 radical (unpaired) electrons. The van der Waals surface area contributed by atoms with Crippen molar-refractivity contribution in [1.82, 2.24) is 14.5 Å². The fourth-order valence-electron chi connectivity index (χ4n) is 3.87. The molecule has 0 unspecified atom stereocenters. The van der Waals surface area contributed by atoms with Crippen LogP contribution in [0.4, 0.5) is 4.39 Å². The van der Waals surface area contributed by atoms with Crippen LogP contribution < -0.4 is 0 Å². The molecule has 5 nitrogen and oxygen atoms in total. The molecule has 0 bridgehead atoms. The second-order valence-corrected chi connectivity index (χ2v) is 6.79. The lowest BCUT2D eigenvalue weighted by atomic mass is 9.96. The summed E-state index contributed by atoms with van der Waals surface area (Å²) < 4.78 is 15.0. The minimum atomic E-state index is -0.865. The summed E-state index contributed by atoms with van der Waals surface area (Å²) in [6, 6.07) is 7.99. The highest BCUT2D eigenvalue weighted by Gasteiger charge is 2.42. The topological polar surface area (TPSA) is 71.2 Å². The first-order chi connectivity index (χ1) is 12.0. The summed E-state index contributed by atoms with van der Waals surface area (Å²) in [6.07, 6.45) is 2.95. The van der Waals surface area contributed by atoms with Crippen molar-refractivity contribution < 1.29 is 14.6 Å². The Kier molecular flexibility index (Phi) is 4.01. The van der Waals surface area contributed by atoms with Crippen LogP contribution >= 0.6 is 0 Å². The monoisotopic (exact) mass is 341 g/mol. The first kappa shape index (κ1) is 16.2. The lowest BCUT2D eigenvalue weighted by molar-refractivity contribution is 0.00683. The molecular formula is C19H20FN3O2. The van der Waals surface area contributed by atoms with E-state index in [2.05, 4.69) is 9.97 Å². The van der Waals surface area contributed by atoms with Crippen LogP contribution in [0.2, 0.25) is 0 Å². The number of benzene rings is 1. The maximum absolute atomic E-state index is 13.1. The normalized spacial score (nSPS) is 26.4. The van der Waals surface area contributed by atoms with Gasteiger partial charge in [0.15, 0.2) is 0 Å². The third-order valence-corrected chi connectivity index (χ3v) is 5.25. The van der Waals surface area contributed by atoms with E-state index in [1.807, 2.05) is 23.8 Å². The summed E-state index contributed by atoms with van der Waals surface area (Å²) in [6.45, 7) is 1.92. The number of halogens is 1. The highest BCUT2D eigenvalue weighted by molar-refractivity contribution is 5.78. The van der Waals surface area contributed by atoms with Gasteiger partial charge in [-0.1, -0.05) is 12.1 Å². The molecule has 2 aromatic heterocycles. The van der Waals surface area contributed by atoms with Gasteiger partial charge in [-0.2, -0.15) is 0 Å². The molecule has 2 heterocycles. The van der Waals surface area contributed by atoms with Gasteiger partial charge in [0.2, 0.25) is 0 Å². The number of rotatable bonds is 3. The Labute approximate surface area is 144 Å². The number of aliphatic hydroxyl groups excluding tert-OH is 2. The van der Waals surface area contributed by atoms with Gasteiger partial charge in [0, 0.05) is 11.6 Å². The molecule has 1 aromatic carbocycles. The second-order valence-electron chi connectivity index (χ2n) is 6.79. The number of aromatic nitrogens is 3. The van der Waals surface area contributed by atoms with Crippen LogP contribution in [0.5, 0.6) is 0 Å². The molecule has 2 N–H and O–H groups in total. The number of aryl methyl sites for hydroxylation is 1. The largest absolute Gasteiger partial charge is 0.390 e. The summed E-state index contributed by atoms with van der Waals surface area (Å²) in [7, 11) is 0. The Balaban J connectivity index is 1.61. The van der Waals surface area contributed by atoms with Gasteiger partial charge in [-0.15, -0.1) is 0 Å². The molecule has 25 heavy (non-hydrogen) atoms. The van der Waals surface area contributed by atoms with Gasteiger partial charge in [-0.3, -0.25) is 0 Å². The number of aliphatic hydroxyl groups is 2. The van der Waals surface area contributed by atoms with Crippen LogP contribution in [0.15, 0.2) is 42.9 Å². The minimum Gasteiger partial charge on any atom is -0.390 e. The Hall–Kier alpha value is -2.31. The zero-order valence-electron chi connectivity index (χ0n) is 13.9. The first-order valence-corrected chi connectivity index (χ1v) is 8.43. The Bertz CT molecular complexity index is 893. The van der Waals surface area contributed by atoms with E-state index in [4.69, 9.17) is 0 Å². The summed E-state index contributed by atoms with van der Waals surface area (Å²) >= 11 is 0. The quantitative estimate of drug-likeness (QED) is 0.767. The number of hydrogen-bond acceptors (Lipinski definition) is 4. The standard InChI is InChI=1S/C19H20FN3O2/c1-11-15-6-7-23(19(15)22-10-21-11)16-9-13(17(24)18(16)25)8-12-2-4-14(20)5-3-12/h2-7,10,13,16-18,24-25H,8-9H2,1H3/t13-,16+,17+,18-/m0/s1. The van der Waals surface area contributed by atoms with E-state index in [0.29, 0.717) is 12.8 Å². The van der Waals surface area contributed by atoms with Crippen molar-refractivity contribution in [2.75, 3.05) is 0 Å². The van der Waals surface area contributed by atoms with Crippen LogP contribution in [0.25, 0.3) is 11.0 Å². The zero-order valence-corrected chi connectivity index (χ0v) is 13.9. The fourth-order valence-corrected chi connectivity index (χ4v) is 3.87. The SMILES string of the molecule is Cc1ncnc2c1ccn2[C@@H]1C[C@H](Cc2ccc(F)cc2)[C@@H](O)[C@H]1O. The van der Waals surface area contributed by atoms with Crippen molar-refractivity contribution in [3.05, 3.63) is 59.9 Å². The van der Waals surface area contributed by atoms with Gasteiger partial charge < -0.3 is 14.8 Å². The number of nitrogens with zero attached hydrogens (tertiary/aromatic N) is 3. The second kappa shape index (κ2) is 6.20. The van der Waals surface area contributed by atoms with Crippen LogP contribution in [0, 0.1) is 18.7 Å². The van der Waals surface area contributed by atoms with Crippen molar-refractivity contribution in [2.45, 2.75) is 38.0 Å². The van der Waals surface area contributed by atoms with Gasteiger partial charge in [-0.05, 0) is 49.4 Å². The lowest BCUT2D eigenvalue weighted by Crippen LogP contribution is -2.30. The molecule has 4 rings (SSSR count). The summed E-state index contributed by atoms with van der Waals surface area (Å²) in [5.41, 5.74) is 2.61. The van der Waals surface area contributed by atoms with E-state index < -0.39 is 12.2 Å². The van der Waals surface area contributed by atoms with E-state index in [9.17, 15) is 14.6 Å². The molecule has 4 atom stereocenters. The number of fused-ring (bicyclic) bond motifs is 1. The van der Waals surface area contributed by atoms with Crippen molar-refractivity contribution in [2.24, 2.45) is 5.92 Å². The molecule has 0 spiro atoms. The molecule has 3 aromatic rings. The van der Waals surface area contributed by atoms with E-state index in [1.54, 1.807) is 12.1 Å². The molecule has 0 amide bonds. The third kappa shape index (κ3) is 2.81. The van der Waals surface area contributed by atoms with E-state index in [-0.39, 0.29) is 17.8 Å². The fraction of sp³-hybridized carbons (Fsp3) is 0.368. The molecule has 6 heteroatoms. The molecule has 0 aliphatic heterocycles. The van der Waals surface area contributed by atoms with Gasteiger partial charge >= 0.3 is 0 Å². The Morgan fingerprint density at radius 1 is 1.12 bits per heavy atom. The summed E-state index contributed by atoms with van der Waals surface area (Å²) in [4.78, 5) is 8.53. The van der Waals surface area contributed by atoms with E-state index in [1.165, 1.54) is 18.5 Å². The van der Waals surface area contributed by atoms with Crippen molar-refractivity contribution in [3.63, 3.8) is 0 Å². The summed E-state index contributed by atoms with van der Waals surface area (Å²) in [5, 5.41) is 22.0. The molecule has 1 aliphatic carbocycles. The minimum absolute atomic E-state index is 0.0918. The maximum Gasteiger partial charge on any atom is 0.143 e. The number of hydrogen-bond donors (Lipinski definition) is 2. The highest BCUT2D eigenvalue weighted by atomic mass is 19.1. The smallest absolute Gasteiger partial charge is 0.143 e. The maximum atomic E-state index is 13.1. The summed E-state index contributed by atoms with van der Waals surface area (Å²) in [5.74, 6) is -0.367. The first-order valence-electron chi connectivity index (χ1n) is 8.43. The highest BCUT2D eigenvalue weighted by Crippen LogP contribution is 2.38. The molecule has 1 fully saturated rings. The average Bonchev–Trinajstić information content (AvgIpc) is 3.14. The van der Waals surface area contributed by atoms with Gasteiger partial charge in [0.1, 0.15) is 23.9 Å². The van der Waals surface area contributed by atoms with Crippen molar-refractivity contribution in [3.8, 4) is 0 Å². The Morgan fingerprint density at radius 3 is 2.64 bits per heavy atom. The van der Waals surface area contributed by atoms with Crippen molar-refractivity contribution in [1.29, 1.82) is 0 Å². The van der Waals surface area contributed by atoms with E-state index >= 15 is 0 Å². The van der Waals surface area contributed by atoms with Gasteiger partial charge in [-0.25, -0.2) is 14.4 Å². The van der Waals surface area contributed by atoms with Crippen molar-refractivity contribution >= 4 is 11.0 Å². The predicted octanol–water partition coefficient (Wildman–Crippen LogP) is 2.40. The van der Waals surface area contributed by atoms with Gasteiger partial charge in [0.25, 0.3) is 0 Å². The molecule has 1 aliphatic rings. The predicted molar refractivity (Wildman–Crippen MR) is 91.5 cm³/mol. The average molecular weight is 341 g/mol.